The number of aryl methyl sites for hydroxylation is 2. The first-order valence-electron chi connectivity index (χ1n) is 8.68. The fourth-order valence-electron chi connectivity index (χ4n) is 2.52. The Morgan fingerprint density at radius 2 is 1.73 bits per heavy atom. The van der Waals surface area contributed by atoms with Crippen LogP contribution in [0.5, 0.6) is 0 Å². The van der Waals surface area contributed by atoms with Gasteiger partial charge in [0.2, 0.25) is 0 Å². The van der Waals surface area contributed by atoms with Crippen molar-refractivity contribution in [3.63, 3.8) is 0 Å². The smallest absolute Gasteiger partial charge is 0.271 e. The van der Waals surface area contributed by atoms with Crippen molar-refractivity contribution in [2.75, 3.05) is 11.9 Å². The van der Waals surface area contributed by atoms with E-state index in [0.717, 1.165) is 18.5 Å². The second-order valence-electron chi connectivity index (χ2n) is 6.12. The molecule has 0 aliphatic heterocycles. The molecule has 0 aliphatic rings. The molecule has 0 bridgehead atoms. The van der Waals surface area contributed by atoms with Crippen LogP contribution in [0.15, 0.2) is 67.0 Å². The SMILES string of the molecule is Cc1ccc(Nc2cnc(C(=O)NCCCc3ccccc3)cn2)cc1. The topological polar surface area (TPSA) is 66.9 Å². The highest BCUT2D eigenvalue weighted by Crippen LogP contribution is 2.14. The van der Waals surface area contributed by atoms with Gasteiger partial charge in [-0.15, -0.1) is 0 Å². The van der Waals surface area contributed by atoms with Crippen LogP contribution in [0.1, 0.15) is 28.0 Å². The first-order valence-corrected chi connectivity index (χ1v) is 8.68. The van der Waals surface area contributed by atoms with Crippen LogP contribution in [-0.4, -0.2) is 22.4 Å². The van der Waals surface area contributed by atoms with Gasteiger partial charge >= 0.3 is 0 Å². The molecule has 0 spiro atoms. The Bertz CT molecular complexity index is 830. The van der Waals surface area contributed by atoms with Crippen molar-refractivity contribution in [3.8, 4) is 0 Å². The largest absolute Gasteiger partial charge is 0.351 e. The number of benzene rings is 2. The van der Waals surface area contributed by atoms with E-state index in [0.29, 0.717) is 18.1 Å². The number of nitrogens with zero attached hydrogens (tertiary/aromatic N) is 2. The van der Waals surface area contributed by atoms with Crippen molar-refractivity contribution in [2.45, 2.75) is 19.8 Å². The molecule has 0 fully saturated rings. The molecule has 1 heterocycles. The molecule has 1 amide bonds. The Balaban J connectivity index is 1.46. The number of carbonyl (C=O) groups is 1. The van der Waals surface area contributed by atoms with E-state index in [4.69, 9.17) is 0 Å². The van der Waals surface area contributed by atoms with E-state index >= 15 is 0 Å². The minimum absolute atomic E-state index is 0.201. The summed E-state index contributed by atoms with van der Waals surface area (Å²) >= 11 is 0. The van der Waals surface area contributed by atoms with E-state index in [9.17, 15) is 4.79 Å². The zero-order chi connectivity index (χ0) is 18.2. The highest BCUT2D eigenvalue weighted by Gasteiger charge is 2.07. The van der Waals surface area contributed by atoms with Gasteiger partial charge in [0.05, 0.1) is 12.4 Å². The standard InChI is InChI=1S/C21H22N4O/c1-16-9-11-18(12-10-16)25-20-15-23-19(14-24-20)21(26)22-13-5-8-17-6-3-2-4-7-17/h2-4,6-7,9-12,14-15H,5,8,13H2,1H3,(H,22,26)(H,24,25). The maximum atomic E-state index is 12.1. The van der Waals surface area contributed by atoms with E-state index < -0.39 is 0 Å². The molecule has 132 valence electrons. The predicted molar refractivity (Wildman–Crippen MR) is 104 cm³/mol. The predicted octanol–water partition coefficient (Wildman–Crippen LogP) is 3.89. The molecule has 5 nitrogen and oxygen atoms in total. The van der Waals surface area contributed by atoms with E-state index in [1.54, 1.807) is 6.20 Å². The van der Waals surface area contributed by atoms with Gasteiger partial charge in [-0.25, -0.2) is 9.97 Å². The van der Waals surface area contributed by atoms with Crippen molar-refractivity contribution < 1.29 is 4.79 Å². The molecule has 0 saturated carbocycles. The number of amides is 1. The number of hydrogen-bond donors (Lipinski definition) is 2. The van der Waals surface area contributed by atoms with Gasteiger partial charge < -0.3 is 10.6 Å². The van der Waals surface area contributed by atoms with Crippen LogP contribution in [0.25, 0.3) is 0 Å². The van der Waals surface area contributed by atoms with Crippen molar-refractivity contribution in [1.29, 1.82) is 0 Å². The van der Waals surface area contributed by atoms with E-state index in [2.05, 4.69) is 32.7 Å². The van der Waals surface area contributed by atoms with Gasteiger partial charge in [0.25, 0.3) is 5.91 Å². The summed E-state index contributed by atoms with van der Waals surface area (Å²) in [5.41, 5.74) is 3.72. The molecule has 26 heavy (non-hydrogen) atoms. The first-order chi connectivity index (χ1) is 12.7. The number of hydrogen-bond acceptors (Lipinski definition) is 4. The average molecular weight is 346 g/mol. The van der Waals surface area contributed by atoms with Gasteiger partial charge in [-0.2, -0.15) is 0 Å². The third-order valence-corrected chi connectivity index (χ3v) is 3.98. The van der Waals surface area contributed by atoms with Crippen LogP contribution in [0.2, 0.25) is 0 Å². The monoisotopic (exact) mass is 346 g/mol. The zero-order valence-electron chi connectivity index (χ0n) is 14.8. The molecular formula is C21H22N4O. The van der Waals surface area contributed by atoms with Crippen LogP contribution >= 0.6 is 0 Å². The highest BCUT2D eigenvalue weighted by atomic mass is 16.1. The van der Waals surface area contributed by atoms with Crippen molar-refractivity contribution >= 4 is 17.4 Å². The molecule has 2 N–H and O–H groups in total. The van der Waals surface area contributed by atoms with Gasteiger partial charge in [-0.3, -0.25) is 4.79 Å². The average Bonchev–Trinajstić information content (AvgIpc) is 2.68. The van der Waals surface area contributed by atoms with Crippen molar-refractivity contribution in [2.24, 2.45) is 0 Å². The normalized spacial score (nSPS) is 10.3. The van der Waals surface area contributed by atoms with Gasteiger partial charge in [-0.05, 0) is 37.5 Å². The lowest BCUT2D eigenvalue weighted by Gasteiger charge is -2.07. The summed E-state index contributed by atoms with van der Waals surface area (Å²) in [6.07, 6.45) is 4.88. The molecule has 3 aromatic rings. The number of aromatic nitrogens is 2. The lowest BCUT2D eigenvalue weighted by atomic mass is 10.1. The van der Waals surface area contributed by atoms with Gasteiger partial charge in [0.15, 0.2) is 0 Å². The molecule has 0 aliphatic carbocycles. The van der Waals surface area contributed by atoms with Crippen molar-refractivity contribution in [1.82, 2.24) is 15.3 Å². The maximum absolute atomic E-state index is 12.1. The second kappa shape index (κ2) is 8.76. The number of rotatable bonds is 7. The van der Waals surface area contributed by atoms with Crippen LogP contribution in [0.4, 0.5) is 11.5 Å². The van der Waals surface area contributed by atoms with Gasteiger partial charge in [-0.1, -0.05) is 48.0 Å². The summed E-state index contributed by atoms with van der Waals surface area (Å²) in [6.45, 7) is 2.65. The van der Waals surface area contributed by atoms with Crippen LogP contribution in [0.3, 0.4) is 0 Å². The molecule has 0 radical (unpaired) electrons. The molecule has 2 aromatic carbocycles. The lowest BCUT2D eigenvalue weighted by Crippen LogP contribution is -2.25. The molecule has 1 aromatic heterocycles. The molecule has 0 unspecified atom stereocenters. The summed E-state index contributed by atoms with van der Waals surface area (Å²) in [4.78, 5) is 20.6. The van der Waals surface area contributed by atoms with Crippen molar-refractivity contribution in [3.05, 3.63) is 83.8 Å². The number of carbonyl (C=O) groups excluding carboxylic acids is 1. The molecule has 3 rings (SSSR count). The summed E-state index contributed by atoms with van der Waals surface area (Å²) in [5.74, 6) is 0.405. The second-order valence-corrected chi connectivity index (χ2v) is 6.12. The Morgan fingerprint density at radius 1 is 0.962 bits per heavy atom. The quantitative estimate of drug-likeness (QED) is 0.637. The van der Waals surface area contributed by atoms with Crippen LogP contribution in [0, 0.1) is 6.92 Å². The van der Waals surface area contributed by atoms with E-state index in [-0.39, 0.29) is 5.91 Å². The first kappa shape index (κ1) is 17.6. The zero-order valence-corrected chi connectivity index (χ0v) is 14.8. The lowest BCUT2D eigenvalue weighted by molar-refractivity contribution is 0.0948. The fraction of sp³-hybridized carbons (Fsp3) is 0.190. The Morgan fingerprint density at radius 3 is 2.42 bits per heavy atom. The van der Waals surface area contributed by atoms with Gasteiger partial charge in [0.1, 0.15) is 11.5 Å². The summed E-state index contributed by atoms with van der Waals surface area (Å²) in [5, 5.41) is 6.05. The molecular weight excluding hydrogens is 324 g/mol. The molecule has 5 heteroatoms. The summed E-state index contributed by atoms with van der Waals surface area (Å²) in [6, 6.07) is 18.2. The fourth-order valence-corrected chi connectivity index (χ4v) is 2.52. The Kier molecular flexibility index (Phi) is 5.93. The van der Waals surface area contributed by atoms with Gasteiger partial charge in [0, 0.05) is 12.2 Å². The maximum Gasteiger partial charge on any atom is 0.271 e. The Hall–Kier alpha value is -3.21. The third-order valence-electron chi connectivity index (χ3n) is 3.98. The summed E-state index contributed by atoms with van der Waals surface area (Å²) < 4.78 is 0. The minimum atomic E-state index is -0.201. The minimum Gasteiger partial charge on any atom is -0.351 e. The van der Waals surface area contributed by atoms with E-state index in [1.165, 1.54) is 17.3 Å². The molecule has 0 saturated heterocycles. The number of anilines is 2. The molecule has 0 atom stereocenters. The van der Waals surface area contributed by atoms with E-state index in [1.807, 2.05) is 49.4 Å². The summed E-state index contributed by atoms with van der Waals surface area (Å²) in [7, 11) is 0. The number of nitrogens with one attached hydrogen (secondary N) is 2. The Labute approximate surface area is 153 Å². The third kappa shape index (κ3) is 5.14. The van der Waals surface area contributed by atoms with Crippen LogP contribution in [-0.2, 0) is 6.42 Å². The van der Waals surface area contributed by atoms with Crippen LogP contribution < -0.4 is 10.6 Å². The highest BCUT2D eigenvalue weighted by molar-refractivity contribution is 5.92.